The first-order valence-corrected chi connectivity index (χ1v) is 4.74. The van der Waals surface area contributed by atoms with Crippen molar-refractivity contribution in [1.29, 1.82) is 0 Å². The topological polar surface area (TPSA) is 12.9 Å². The highest BCUT2D eigenvalue weighted by molar-refractivity contribution is 5.63. The van der Waals surface area contributed by atoms with Gasteiger partial charge in [-0.05, 0) is 43.0 Å². The average Bonchev–Trinajstić information content (AvgIpc) is 2.04. The van der Waals surface area contributed by atoms with Crippen molar-refractivity contribution in [2.75, 3.05) is 0 Å². The second-order valence-electron chi connectivity index (χ2n) is 3.62. The largest absolute Gasteiger partial charge is 0.257 e. The Morgan fingerprint density at radius 3 is 2.62 bits per heavy atom. The summed E-state index contributed by atoms with van der Waals surface area (Å²) in [6.07, 6.45) is 4.02. The first-order chi connectivity index (χ1) is 6.15. The van der Waals surface area contributed by atoms with E-state index in [0.29, 0.717) is 5.92 Å². The Labute approximate surface area is 80.5 Å². The van der Waals surface area contributed by atoms with E-state index in [9.17, 15) is 0 Å². The molecule has 0 saturated carbocycles. The molecule has 0 atom stereocenters. The van der Waals surface area contributed by atoms with Crippen LogP contribution in [0.2, 0.25) is 0 Å². The summed E-state index contributed by atoms with van der Waals surface area (Å²) in [6, 6.07) is 4.16. The molecular weight excluding hydrogens is 158 g/mol. The highest BCUT2D eigenvalue weighted by atomic mass is 14.7. The van der Waals surface area contributed by atoms with Crippen LogP contribution in [-0.4, -0.2) is 4.98 Å². The minimum Gasteiger partial charge on any atom is -0.257 e. The van der Waals surface area contributed by atoms with Crippen LogP contribution < -0.4 is 0 Å². The van der Waals surface area contributed by atoms with Crippen LogP contribution in [0, 0.1) is 12.8 Å². The van der Waals surface area contributed by atoms with Gasteiger partial charge in [0.2, 0.25) is 0 Å². The number of rotatable bonds is 2. The summed E-state index contributed by atoms with van der Waals surface area (Å²) in [5, 5.41) is 0. The Morgan fingerprint density at radius 2 is 2.15 bits per heavy atom. The van der Waals surface area contributed by atoms with E-state index in [2.05, 4.69) is 44.8 Å². The molecule has 0 aliphatic heterocycles. The van der Waals surface area contributed by atoms with Crippen LogP contribution in [0.1, 0.15) is 32.0 Å². The van der Waals surface area contributed by atoms with Gasteiger partial charge in [0.25, 0.3) is 0 Å². The molecule has 0 radical (unpaired) electrons. The quantitative estimate of drug-likeness (QED) is 0.671. The molecule has 0 aliphatic rings. The third-order valence-corrected chi connectivity index (χ3v) is 2.14. The minimum absolute atomic E-state index is 0.541. The molecule has 0 aromatic carbocycles. The van der Waals surface area contributed by atoms with Gasteiger partial charge in [0.05, 0.1) is 5.69 Å². The maximum absolute atomic E-state index is 4.36. The Morgan fingerprint density at radius 1 is 1.46 bits per heavy atom. The number of allylic oxidation sites excluding steroid dienone is 2. The average molecular weight is 175 g/mol. The molecule has 1 heterocycles. The van der Waals surface area contributed by atoms with E-state index in [1.54, 1.807) is 0 Å². The molecule has 70 valence electrons. The molecule has 0 bridgehead atoms. The highest BCUT2D eigenvalue weighted by Gasteiger charge is 2.05. The Kier molecular flexibility index (Phi) is 3.24. The number of pyridine rings is 1. The molecular formula is C12H17N. The minimum atomic E-state index is 0.541. The third kappa shape index (κ3) is 2.41. The summed E-state index contributed by atoms with van der Waals surface area (Å²) in [7, 11) is 0. The van der Waals surface area contributed by atoms with Crippen molar-refractivity contribution in [3.63, 3.8) is 0 Å². The van der Waals surface area contributed by atoms with Gasteiger partial charge in [-0.15, -0.1) is 0 Å². The van der Waals surface area contributed by atoms with Gasteiger partial charge >= 0.3 is 0 Å². The summed E-state index contributed by atoms with van der Waals surface area (Å²) < 4.78 is 0. The fraction of sp³-hybridized carbons (Fsp3) is 0.417. The van der Waals surface area contributed by atoms with Crippen LogP contribution in [0.5, 0.6) is 0 Å². The number of hydrogen-bond donors (Lipinski definition) is 0. The van der Waals surface area contributed by atoms with Crippen molar-refractivity contribution in [3.8, 4) is 0 Å². The molecule has 0 aliphatic carbocycles. The van der Waals surface area contributed by atoms with E-state index in [0.717, 1.165) is 5.69 Å². The molecule has 0 spiro atoms. The molecule has 1 nitrogen and oxygen atoms in total. The van der Waals surface area contributed by atoms with Gasteiger partial charge in [-0.1, -0.05) is 19.9 Å². The van der Waals surface area contributed by atoms with Gasteiger partial charge in [-0.3, -0.25) is 4.98 Å². The zero-order chi connectivity index (χ0) is 9.84. The van der Waals surface area contributed by atoms with Crippen LogP contribution in [-0.2, 0) is 0 Å². The second kappa shape index (κ2) is 4.22. The van der Waals surface area contributed by atoms with Gasteiger partial charge in [-0.2, -0.15) is 0 Å². The molecule has 1 aromatic heterocycles. The maximum atomic E-state index is 4.36. The summed E-state index contributed by atoms with van der Waals surface area (Å²) in [4.78, 5) is 4.36. The molecule has 0 N–H and O–H groups in total. The van der Waals surface area contributed by atoms with E-state index >= 15 is 0 Å². The predicted octanol–water partition coefficient (Wildman–Crippen LogP) is 3.45. The molecule has 13 heavy (non-hydrogen) atoms. The van der Waals surface area contributed by atoms with Crippen molar-refractivity contribution < 1.29 is 0 Å². The number of aryl methyl sites for hydroxylation is 1. The first-order valence-electron chi connectivity index (χ1n) is 4.74. The van der Waals surface area contributed by atoms with Crippen molar-refractivity contribution in [3.05, 3.63) is 35.7 Å². The summed E-state index contributed by atoms with van der Waals surface area (Å²) in [5.41, 5.74) is 3.70. The molecule has 1 aromatic rings. The molecule has 0 fully saturated rings. The fourth-order valence-electron chi connectivity index (χ4n) is 1.47. The van der Waals surface area contributed by atoms with Crippen LogP contribution >= 0.6 is 0 Å². The zero-order valence-electron chi connectivity index (χ0n) is 8.83. The van der Waals surface area contributed by atoms with E-state index in [1.165, 1.54) is 11.1 Å². The SMILES string of the molecule is C/C=C(/c1cc(C)ccn1)C(C)C. The molecule has 0 amide bonds. The monoisotopic (exact) mass is 175 g/mol. The predicted molar refractivity (Wildman–Crippen MR) is 57.5 cm³/mol. The molecule has 1 heteroatoms. The lowest BCUT2D eigenvalue weighted by atomic mass is 9.98. The van der Waals surface area contributed by atoms with Gasteiger partial charge in [0.15, 0.2) is 0 Å². The van der Waals surface area contributed by atoms with E-state index < -0.39 is 0 Å². The fourth-order valence-corrected chi connectivity index (χ4v) is 1.47. The number of aromatic nitrogens is 1. The van der Waals surface area contributed by atoms with Gasteiger partial charge in [0.1, 0.15) is 0 Å². The first kappa shape index (κ1) is 9.97. The van der Waals surface area contributed by atoms with Gasteiger partial charge in [-0.25, -0.2) is 0 Å². The lowest BCUT2D eigenvalue weighted by Gasteiger charge is -2.10. The standard InChI is InChI=1S/C12H17N/c1-5-11(9(2)3)12-8-10(4)6-7-13-12/h5-9H,1-4H3/b11-5+. The summed E-state index contributed by atoms with van der Waals surface area (Å²) in [6.45, 7) is 8.55. The van der Waals surface area contributed by atoms with E-state index in [-0.39, 0.29) is 0 Å². The molecule has 0 saturated heterocycles. The summed E-state index contributed by atoms with van der Waals surface area (Å²) >= 11 is 0. The van der Waals surface area contributed by atoms with Crippen molar-refractivity contribution in [1.82, 2.24) is 4.98 Å². The zero-order valence-corrected chi connectivity index (χ0v) is 8.83. The smallest absolute Gasteiger partial charge is 0.0663 e. The van der Waals surface area contributed by atoms with Crippen molar-refractivity contribution in [2.24, 2.45) is 5.92 Å². The summed E-state index contributed by atoms with van der Waals surface area (Å²) in [5.74, 6) is 0.541. The van der Waals surface area contributed by atoms with Gasteiger partial charge < -0.3 is 0 Å². The third-order valence-electron chi connectivity index (χ3n) is 2.14. The maximum Gasteiger partial charge on any atom is 0.0663 e. The van der Waals surface area contributed by atoms with Crippen LogP contribution in [0.4, 0.5) is 0 Å². The molecule has 0 unspecified atom stereocenters. The normalized spacial score (nSPS) is 12.2. The van der Waals surface area contributed by atoms with Crippen LogP contribution in [0.15, 0.2) is 24.4 Å². The Bertz CT molecular complexity index is 311. The van der Waals surface area contributed by atoms with E-state index in [1.807, 2.05) is 12.3 Å². The Balaban J connectivity index is 3.06. The van der Waals surface area contributed by atoms with Crippen LogP contribution in [0.3, 0.4) is 0 Å². The lowest BCUT2D eigenvalue weighted by Crippen LogP contribution is -1.96. The second-order valence-corrected chi connectivity index (χ2v) is 3.62. The highest BCUT2D eigenvalue weighted by Crippen LogP contribution is 2.21. The van der Waals surface area contributed by atoms with Crippen molar-refractivity contribution >= 4 is 5.57 Å². The van der Waals surface area contributed by atoms with Crippen molar-refractivity contribution in [2.45, 2.75) is 27.7 Å². The van der Waals surface area contributed by atoms with E-state index in [4.69, 9.17) is 0 Å². The number of nitrogens with zero attached hydrogens (tertiary/aromatic N) is 1. The van der Waals surface area contributed by atoms with Crippen LogP contribution in [0.25, 0.3) is 5.57 Å². The number of hydrogen-bond acceptors (Lipinski definition) is 1. The Hall–Kier alpha value is -1.11. The van der Waals surface area contributed by atoms with Gasteiger partial charge in [0, 0.05) is 6.20 Å². The molecule has 1 rings (SSSR count). The lowest BCUT2D eigenvalue weighted by molar-refractivity contribution is 0.846.